The standard InChI is InChI=1S/C22H23BrN8O/c1-2-19-28-21(20-25-14-17(23)15-26-20)31(29-19)18-8-5-7-16(13-18)22(32)24-9-3-4-11-30-12-6-10-27-30/h5-8,10,12-15H,2-4,9,11H2,1H3,(H,24,32). The molecule has 0 bridgehead atoms. The number of aromatic nitrogens is 7. The number of nitrogens with zero attached hydrogens (tertiary/aromatic N) is 7. The van der Waals surface area contributed by atoms with Crippen LogP contribution in [0.25, 0.3) is 17.3 Å². The van der Waals surface area contributed by atoms with Crippen molar-refractivity contribution >= 4 is 21.8 Å². The highest BCUT2D eigenvalue weighted by atomic mass is 79.9. The summed E-state index contributed by atoms with van der Waals surface area (Å²) in [5, 5.41) is 11.7. The van der Waals surface area contributed by atoms with Crippen molar-refractivity contribution in [3.05, 3.63) is 71.0 Å². The van der Waals surface area contributed by atoms with E-state index in [9.17, 15) is 4.79 Å². The average Bonchev–Trinajstić information content (AvgIpc) is 3.49. The third kappa shape index (κ3) is 5.25. The lowest BCUT2D eigenvalue weighted by molar-refractivity contribution is 0.0953. The fourth-order valence-corrected chi connectivity index (χ4v) is 3.38. The number of carbonyl (C=O) groups excluding carboxylic acids is 1. The fourth-order valence-electron chi connectivity index (χ4n) is 3.17. The molecule has 9 nitrogen and oxygen atoms in total. The van der Waals surface area contributed by atoms with Crippen LogP contribution in [0.4, 0.5) is 0 Å². The first-order chi connectivity index (χ1) is 15.6. The topological polar surface area (TPSA) is 103 Å². The van der Waals surface area contributed by atoms with Crippen LogP contribution in [-0.2, 0) is 13.0 Å². The molecule has 1 N–H and O–H groups in total. The second kappa shape index (κ2) is 10.3. The van der Waals surface area contributed by atoms with E-state index in [1.54, 1.807) is 35.4 Å². The molecule has 0 saturated carbocycles. The number of hydrogen-bond donors (Lipinski definition) is 1. The minimum Gasteiger partial charge on any atom is -0.352 e. The Kier molecular flexibility index (Phi) is 7.00. The summed E-state index contributed by atoms with van der Waals surface area (Å²) in [4.78, 5) is 25.9. The highest BCUT2D eigenvalue weighted by Gasteiger charge is 2.16. The Morgan fingerprint density at radius 2 is 2.00 bits per heavy atom. The van der Waals surface area contributed by atoms with Crippen molar-refractivity contribution in [2.75, 3.05) is 6.54 Å². The molecule has 1 amide bonds. The quantitative estimate of drug-likeness (QED) is 0.357. The van der Waals surface area contributed by atoms with Crippen LogP contribution in [0.2, 0.25) is 0 Å². The summed E-state index contributed by atoms with van der Waals surface area (Å²) in [6.07, 6.45) is 9.53. The number of hydrogen-bond acceptors (Lipinski definition) is 6. The van der Waals surface area contributed by atoms with Gasteiger partial charge in [0.1, 0.15) is 0 Å². The van der Waals surface area contributed by atoms with Crippen LogP contribution in [0.15, 0.2) is 59.6 Å². The van der Waals surface area contributed by atoms with Gasteiger partial charge in [-0.3, -0.25) is 9.48 Å². The van der Waals surface area contributed by atoms with Crippen LogP contribution in [0.5, 0.6) is 0 Å². The molecule has 0 aliphatic heterocycles. The lowest BCUT2D eigenvalue weighted by atomic mass is 10.2. The van der Waals surface area contributed by atoms with Gasteiger partial charge < -0.3 is 5.32 Å². The van der Waals surface area contributed by atoms with Gasteiger partial charge in [0.2, 0.25) is 5.82 Å². The third-order valence-corrected chi connectivity index (χ3v) is 5.21. The molecule has 0 radical (unpaired) electrons. The molecule has 4 rings (SSSR count). The SMILES string of the molecule is CCc1nc(-c2ncc(Br)cn2)n(-c2cccc(C(=O)NCCCCn3cccn3)c2)n1. The molecule has 0 aliphatic carbocycles. The molecule has 1 aromatic carbocycles. The Labute approximate surface area is 194 Å². The number of rotatable bonds is 9. The van der Waals surface area contributed by atoms with Crippen LogP contribution < -0.4 is 5.32 Å². The van der Waals surface area contributed by atoms with Gasteiger partial charge in [-0.25, -0.2) is 19.6 Å². The molecule has 0 fully saturated rings. The third-order valence-electron chi connectivity index (χ3n) is 4.80. The molecule has 10 heteroatoms. The first kappa shape index (κ1) is 21.8. The van der Waals surface area contributed by atoms with Crippen LogP contribution in [0.3, 0.4) is 0 Å². The monoisotopic (exact) mass is 494 g/mol. The molecule has 164 valence electrons. The maximum atomic E-state index is 12.7. The average molecular weight is 495 g/mol. The Hall–Kier alpha value is -3.40. The zero-order chi connectivity index (χ0) is 22.3. The van der Waals surface area contributed by atoms with Crippen LogP contribution in [0.1, 0.15) is 35.9 Å². The Balaban J connectivity index is 1.46. The van der Waals surface area contributed by atoms with E-state index in [1.807, 2.05) is 36.0 Å². The number of nitrogens with one attached hydrogen (secondary N) is 1. The molecular weight excluding hydrogens is 472 g/mol. The molecule has 0 unspecified atom stereocenters. The first-order valence-corrected chi connectivity index (χ1v) is 11.2. The van der Waals surface area contributed by atoms with Crippen molar-refractivity contribution in [1.82, 2.24) is 39.8 Å². The van der Waals surface area contributed by atoms with Crippen molar-refractivity contribution in [2.45, 2.75) is 32.7 Å². The zero-order valence-electron chi connectivity index (χ0n) is 17.6. The largest absolute Gasteiger partial charge is 0.352 e. The summed E-state index contributed by atoms with van der Waals surface area (Å²) in [6.45, 7) is 3.43. The van der Waals surface area contributed by atoms with Gasteiger partial charge >= 0.3 is 0 Å². The van der Waals surface area contributed by atoms with E-state index >= 15 is 0 Å². The van der Waals surface area contributed by atoms with E-state index < -0.39 is 0 Å². The molecule has 0 aliphatic rings. The van der Waals surface area contributed by atoms with Gasteiger partial charge in [0, 0.05) is 49.9 Å². The van der Waals surface area contributed by atoms with Crippen LogP contribution in [-0.4, -0.2) is 47.0 Å². The predicted molar refractivity (Wildman–Crippen MR) is 123 cm³/mol. The smallest absolute Gasteiger partial charge is 0.251 e. The number of amides is 1. The first-order valence-electron chi connectivity index (χ1n) is 10.4. The Morgan fingerprint density at radius 3 is 2.75 bits per heavy atom. The fraction of sp³-hybridized carbons (Fsp3) is 0.273. The number of aryl methyl sites for hydroxylation is 2. The zero-order valence-corrected chi connectivity index (χ0v) is 19.2. The van der Waals surface area contributed by atoms with E-state index in [0.717, 1.165) is 29.5 Å². The number of halogens is 1. The molecule has 3 aromatic heterocycles. The maximum Gasteiger partial charge on any atom is 0.251 e. The summed E-state index contributed by atoms with van der Waals surface area (Å²) >= 11 is 3.35. The van der Waals surface area contributed by atoms with E-state index in [2.05, 4.69) is 46.4 Å². The number of unbranched alkanes of at least 4 members (excludes halogenated alkanes) is 1. The van der Waals surface area contributed by atoms with Gasteiger partial charge in [-0.1, -0.05) is 13.0 Å². The summed E-state index contributed by atoms with van der Waals surface area (Å²) in [5.41, 5.74) is 1.29. The highest BCUT2D eigenvalue weighted by Crippen LogP contribution is 2.20. The van der Waals surface area contributed by atoms with Crippen molar-refractivity contribution in [2.24, 2.45) is 0 Å². The summed E-state index contributed by atoms with van der Waals surface area (Å²) in [6, 6.07) is 9.21. The minimum absolute atomic E-state index is 0.122. The van der Waals surface area contributed by atoms with Crippen molar-refractivity contribution in [1.29, 1.82) is 0 Å². The Bertz CT molecular complexity index is 1170. The number of carbonyl (C=O) groups is 1. The molecular formula is C22H23BrN8O. The van der Waals surface area contributed by atoms with Gasteiger partial charge in [0.15, 0.2) is 11.6 Å². The summed E-state index contributed by atoms with van der Waals surface area (Å²) in [5.74, 6) is 1.56. The van der Waals surface area contributed by atoms with Gasteiger partial charge in [-0.2, -0.15) is 10.2 Å². The number of benzene rings is 1. The van der Waals surface area contributed by atoms with E-state index in [4.69, 9.17) is 0 Å². The minimum atomic E-state index is -0.122. The maximum absolute atomic E-state index is 12.7. The highest BCUT2D eigenvalue weighted by molar-refractivity contribution is 9.10. The molecule has 0 atom stereocenters. The van der Waals surface area contributed by atoms with Crippen molar-refractivity contribution in [3.8, 4) is 17.3 Å². The summed E-state index contributed by atoms with van der Waals surface area (Å²) < 4.78 is 4.36. The lowest BCUT2D eigenvalue weighted by Gasteiger charge is -2.09. The molecule has 32 heavy (non-hydrogen) atoms. The van der Waals surface area contributed by atoms with Crippen LogP contribution >= 0.6 is 15.9 Å². The second-order valence-corrected chi connectivity index (χ2v) is 8.04. The molecule has 3 heterocycles. The van der Waals surface area contributed by atoms with Gasteiger partial charge in [-0.15, -0.1) is 0 Å². The molecule has 0 spiro atoms. The summed E-state index contributed by atoms with van der Waals surface area (Å²) in [7, 11) is 0. The Morgan fingerprint density at radius 1 is 1.16 bits per heavy atom. The van der Waals surface area contributed by atoms with Gasteiger partial charge in [0.25, 0.3) is 5.91 Å². The normalized spacial score (nSPS) is 10.9. The predicted octanol–water partition coefficient (Wildman–Crippen LogP) is 3.46. The van der Waals surface area contributed by atoms with E-state index in [-0.39, 0.29) is 5.91 Å². The van der Waals surface area contributed by atoms with Gasteiger partial charge in [0.05, 0.1) is 10.2 Å². The van der Waals surface area contributed by atoms with Crippen molar-refractivity contribution in [3.63, 3.8) is 0 Å². The van der Waals surface area contributed by atoms with E-state index in [1.165, 1.54) is 0 Å². The second-order valence-electron chi connectivity index (χ2n) is 7.12. The molecule has 4 aromatic rings. The molecule has 0 saturated heterocycles. The van der Waals surface area contributed by atoms with Gasteiger partial charge in [-0.05, 0) is 53.0 Å². The van der Waals surface area contributed by atoms with Crippen LogP contribution in [0, 0.1) is 0 Å². The lowest BCUT2D eigenvalue weighted by Crippen LogP contribution is -2.24. The van der Waals surface area contributed by atoms with Crippen molar-refractivity contribution < 1.29 is 4.79 Å². The van der Waals surface area contributed by atoms with E-state index in [0.29, 0.717) is 36.0 Å².